The smallest absolute Gasteiger partial charge is 0.395 e. The van der Waals surface area contributed by atoms with E-state index in [0.29, 0.717) is 17.8 Å². The molecule has 0 saturated heterocycles. The van der Waals surface area contributed by atoms with Crippen LogP contribution in [0.5, 0.6) is 11.5 Å². The van der Waals surface area contributed by atoms with Crippen LogP contribution in [-0.2, 0) is 16.5 Å². The molecule has 11 heteroatoms. The topological polar surface area (TPSA) is 106 Å². The van der Waals surface area contributed by atoms with E-state index in [1.54, 1.807) is 30.3 Å². The Bertz CT molecular complexity index is 1520. The fourth-order valence-corrected chi connectivity index (χ4v) is 5.42. The highest BCUT2D eigenvalue weighted by Gasteiger charge is 2.43. The largest absolute Gasteiger partial charge is 0.586 e. The predicted molar refractivity (Wildman–Crippen MR) is 152 cm³/mol. The molecule has 0 spiro atoms. The number of hydrogen-bond donors (Lipinski definition) is 2. The molecule has 0 bridgehead atoms. The van der Waals surface area contributed by atoms with E-state index in [1.807, 2.05) is 58.8 Å². The van der Waals surface area contributed by atoms with Crippen molar-refractivity contribution in [2.45, 2.75) is 57.3 Å². The lowest BCUT2D eigenvalue weighted by atomic mass is 9.88. The first kappa shape index (κ1) is 29.4. The van der Waals surface area contributed by atoms with Crippen LogP contribution in [0.15, 0.2) is 63.9 Å². The summed E-state index contributed by atoms with van der Waals surface area (Å²) in [6, 6.07) is 14.4. The van der Waals surface area contributed by atoms with E-state index >= 15 is 0 Å². The maximum atomic E-state index is 13.5. The summed E-state index contributed by atoms with van der Waals surface area (Å²) in [5.74, 6) is -0.149. The van der Waals surface area contributed by atoms with E-state index in [9.17, 15) is 17.8 Å². The third-order valence-corrected chi connectivity index (χ3v) is 7.77. The van der Waals surface area contributed by atoms with Gasteiger partial charge in [0.1, 0.15) is 9.92 Å². The first-order valence-electron chi connectivity index (χ1n) is 12.8. The van der Waals surface area contributed by atoms with Crippen molar-refractivity contribution in [1.82, 2.24) is 4.90 Å². The van der Waals surface area contributed by atoms with Crippen molar-refractivity contribution < 1.29 is 27.3 Å². The zero-order chi connectivity index (χ0) is 29.4. The van der Waals surface area contributed by atoms with Gasteiger partial charge < -0.3 is 19.7 Å². The van der Waals surface area contributed by atoms with E-state index in [4.69, 9.17) is 5.14 Å². The molecular weight excluding hydrogens is 538 g/mol. The molecular formula is C29H34F2N4O4S. The summed E-state index contributed by atoms with van der Waals surface area (Å²) in [7, 11) is 0.392. The minimum absolute atomic E-state index is 0.0300. The second-order valence-electron chi connectivity index (χ2n) is 10.6. The summed E-state index contributed by atoms with van der Waals surface area (Å²) in [5, 5.41) is 8.84. The van der Waals surface area contributed by atoms with E-state index in [2.05, 4.69) is 19.2 Å². The molecule has 40 heavy (non-hydrogen) atoms. The average Bonchev–Trinajstić information content (AvgIpc) is 3.16. The molecule has 1 aliphatic heterocycles. The van der Waals surface area contributed by atoms with Gasteiger partial charge in [0.15, 0.2) is 11.5 Å². The lowest BCUT2D eigenvalue weighted by Gasteiger charge is -2.22. The number of halogens is 2. The molecule has 3 aromatic carbocycles. The maximum Gasteiger partial charge on any atom is 0.586 e. The summed E-state index contributed by atoms with van der Waals surface area (Å²) in [6.45, 7) is 8.58. The van der Waals surface area contributed by atoms with Crippen LogP contribution in [0.1, 0.15) is 56.2 Å². The molecule has 1 atom stereocenters. The Balaban J connectivity index is 1.69. The standard InChI is InChI=1S/C29H34F2N4O4S/c1-17(2)23-13-21(20-9-12-25-26(15-20)39-29(30,31)38-25)14-24(18(3)4)27(23)33-28(36)34-40(32,37)22-10-7-19(8-11-22)16-35(5)6/h7-15,17-18H,16H2,1-6H3,(H3,32,33,34,36,37). The highest BCUT2D eigenvalue weighted by molar-refractivity contribution is 7.91. The maximum absolute atomic E-state index is 13.5. The molecule has 0 saturated carbocycles. The number of benzene rings is 3. The summed E-state index contributed by atoms with van der Waals surface area (Å²) >= 11 is 0. The Morgan fingerprint density at radius 3 is 2.08 bits per heavy atom. The fourth-order valence-electron chi connectivity index (χ4n) is 4.50. The van der Waals surface area contributed by atoms with Gasteiger partial charge in [-0.3, -0.25) is 0 Å². The van der Waals surface area contributed by atoms with Gasteiger partial charge in [0, 0.05) is 12.2 Å². The molecule has 8 nitrogen and oxygen atoms in total. The number of alkyl halides is 2. The van der Waals surface area contributed by atoms with E-state index in [0.717, 1.165) is 22.3 Å². The molecule has 3 N–H and O–H groups in total. The second-order valence-corrected chi connectivity index (χ2v) is 12.4. The first-order chi connectivity index (χ1) is 18.6. The third-order valence-electron chi connectivity index (χ3n) is 6.39. The monoisotopic (exact) mass is 572 g/mol. The minimum Gasteiger partial charge on any atom is -0.395 e. The van der Waals surface area contributed by atoms with Crippen molar-refractivity contribution in [3.8, 4) is 22.6 Å². The van der Waals surface area contributed by atoms with Crippen LogP contribution in [0, 0.1) is 0 Å². The molecule has 4 rings (SSSR count). The molecule has 0 aromatic heterocycles. The Hall–Kier alpha value is -3.54. The van der Waals surface area contributed by atoms with Gasteiger partial charge in [0.25, 0.3) is 0 Å². The lowest BCUT2D eigenvalue weighted by Crippen LogP contribution is -2.25. The minimum atomic E-state index is -3.71. The number of nitrogens with one attached hydrogen (secondary N) is 1. The summed E-state index contributed by atoms with van der Waals surface area (Å²) < 4.78 is 53.3. The zero-order valence-electron chi connectivity index (χ0n) is 23.3. The second kappa shape index (κ2) is 11.1. The number of nitrogens with two attached hydrogens (primary N) is 1. The van der Waals surface area contributed by atoms with Gasteiger partial charge in [-0.15, -0.1) is 13.1 Å². The number of nitrogens with zero attached hydrogens (tertiary/aromatic N) is 2. The zero-order valence-corrected chi connectivity index (χ0v) is 24.1. The Morgan fingerprint density at radius 1 is 0.950 bits per heavy atom. The normalized spacial score (nSPS) is 15.4. The highest BCUT2D eigenvalue weighted by Crippen LogP contribution is 2.44. The molecule has 214 valence electrons. The molecule has 3 aromatic rings. The predicted octanol–water partition coefficient (Wildman–Crippen LogP) is 6.92. The van der Waals surface area contributed by atoms with Gasteiger partial charge in [-0.2, -0.15) is 0 Å². The molecule has 0 aliphatic carbocycles. The van der Waals surface area contributed by atoms with E-state index < -0.39 is 22.2 Å². The quantitative estimate of drug-likeness (QED) is 0.320. The number of urea groups is 1. The van der Waals surface area contributed by atoms with Crippen LogP contribution in [-0.4, -0.2) is 35.5 Å². The van der Waals surface area contributed by atoms with E-state index in [1.165, 1.54) is 12.1 Å². The number of ether oxygens (including phenoxy) is 2. The number of rotatable bonds is 7. The summed E-state index contributed by atoms with van der Waals surface area (Å²) in [6.07, 6.45) is -3.71. The number of carbonyl (C=O) groups excluding carboxylic acids is 1. The van der Waals surface area contributed by atoms with Gasteiger partial charge in [-0.05, 0) is 90.1 Å². The number of hydrogen-bond acceptors (Lipinski definition) is 5. The van der Waals surface area contributed by atoms with Crippen LogP contribution < -0.4 is 19.9 Å². The van der Waals surface area contributed by atoms with Gasteiger partial charge in [-0.25, -0.2) is 14.1 Å². The van der Waals surface area contributed by atoms with Crippen LogP contribution in [0.2, 0.25) is 0 Å². The summed E-state index contributed by atoms with van der Waals surface area (Å²) in [5.41, 5.74) is 4.55. The molecule has 0 fully saturated rings. The highest BCUT2D eigenvalue weighted by atomic mass is 32.2. The van der Waals surface area contributed by atoms with Gasteiger partial charge >= 0.3 is 12.3 Å². The lowest BCUT2D eigenvalue weighted by molar-refractivity contribution is -0.286. The van der Waals surface area contributed by atoms with Crippen LogP contribution >= 0.6 is 0 Å². The number of carbonyl (C=O) groups is 1. The van der Waals surface area contributed by atoms with Gasteiger partial charge in [-0.1, -0.05) is 45.9 Å². The molecule has 1 heterocycles. The Morgan fingerprint density at radius 2 is 1.52 bits per heavy atom. The van der Waals surface area contributed by atoms with Crippen LogP contribution in [0.25, 0.3) is 11.1 Å². The number of amides is 2. The fraction of sp³-hybridized carbons (Fsp3) is 0.345. The van der Waals surface area contributed by atoms with Crippen LogP contribution in [0.3, 0.4) is 0 Å². The molecule has 1 aliphatic rings. The first-order valence-corrected chi connectivity index (χ1v) is 14.4. The van der Waals surface area contributed by atoms with Crippen molar-refractivity contribution in [3.05, 3.63) is 71.3 Å². The van der Waals surface area contributed by atoms with Crippen molar-refractivity contribution >= 4 is 21.6 Å². The molecule has 0 radical (unpaired) electrons. The number of fused-ring (bicyclic) bond motifs is 1. The van der Waals surface area contributed by atoms with E-state index in [-0.39, 0.29) is 28.2 Å². The Kier molecular flexibility index (Phi) is 8.21. The van der Waals surface area contributed by atoms with Crippen LogP contribution in [0.4, 0.5) is 19.3 Å². The van der Waals surface area contributed by atoms with Crippen molar-refractivity contribution in [2.75, 3.05) is 19.4 Å². The van der Waals surface area contributed by atoms with Crippen molar-refractivity contribution in [3.63, 3.8) is 0 Å². The van der Waals surface area contributed by atoms with Gasteiger partial charge in [0.2, 0.25) is 0 Å². The van der Waals surface area contributed by atoms with Crippen molar-refractivity contribution in [2.24, 2.45) is 9.50 Å². The van der Waals surface area contributed by atoms with Gasteiger partial charge in [0.05, 0.1) is 4.90 Å². The number of anilines is 1. The summed E-state index contributed by atoms with van der Waals surface area (Å²) in [4.78, 5) is 15.3. The molecule has 1 unspecified atom stereocenters. The Labute approximate surface area is 233 Å². The third kappa shape index (κ3) is 6.60. The molecule has 2 amide bonds. The average molecular weight is 573 g/mol. The van der Waals surface area contributed by atoms with Crippen molar-refractivity contribution in [1.29, 1.82) is 0 Å². The SMILES string of the molecule is CC(C)c1cc(-c2ccc3c(c2)OC(F)(F)O3)cc(C(C)C)c1NC(=O)N=S(N)(=O)c1ccc(CN(C)C)cc1.